The Hall–Kier alpha value is -0.560. The monoisotopic (exact) mass is 183 g/mol. The highest BCUT2D eigenvalue weighted by Gasteiger charge is 2.18. The van der Waals surface area contributed by atoms with E-state index in [0.717, 1.165) is 19.6 Å². The third-order valence-corrected chi connectivity index (χ3v) is 2.10. The third-order valence-electron chi connectivity index (χ3n) is 2.10. The molecule has 0 radical (unpaired) electrons. The molecular weight excluding hydrogens is 166 g/mol. The van der Waals surface area contributed by atoms with Gasteiger partial charge in [0.15, 0.2) is 0 Å². The Morgan fingerprint density at radius 3 is 2.92 bits per heavy atom. The molecule has 74 valence electrons. The molecule has 13 heavy (non-hydrogen) atoms. The van der Waals surface area contributed by atoms with Crippen LogP contribution in [0, 0.1) is 12.3 Å². The van der Waals surface area contributed by atoms with E-state index in [-0.39, 0.29) is 11.6 Å². The van der Waals surface area contributed by atoms with Crippen LogP contribution >= 0.6 is 0 Å². The van der Waals surface area contributed by atoms with Crippen molar-refractivity contribution >= 4 is 0 Å². The van der Waals surface area contributed by atoms with Crippen molar-refractivity contribution in [1.29, 1.82) is 0 Å². The molecule has 0 amide bonds. The van der Waals surface area contributed by atoms with Gasteiger partial charge in [-0.15, -0.1) is 6.42 Å². The lowest BCUT2D eigenvalue weighted by molar-refractivity contribution is -0.137. The van der Waals surface area contributed by atoms with Gasteiger partial charge in [0.1, 0.15) is 6.79 Å². The molecule has 0 spiro atoms. The van der Waals surface area contributed by atoms with Crippen LogP contribution in [0.1, 0.15) is 20.3 Å². The number of nitrogens with one attached hydrogen (secondary N) is 1. The van der Waals surface area contributed by atoms with E-state index in [1.807, 2.05) is 13.8 Å². The van der Waals surface area contributed by atoms with Crippen molar-refractivity contribution in [3.8, 4) is 12.3 Å². The van der Waals surface area contributed by atoms with Crippen molar-refractivity contribution in [3.63, 3.8) is 0 Å². The lowest BCUT2D eigenvalue weighted by atomic mass is 10.1. The molecule has 3 heteroatoms. The van der Waals surface area contributed by atoms with E-state index >= 15 is 0 Å². The Kier molecular flexibility index (Phi) is 3.73. The quantitative estimate of drug-likeness (QED) is 0.655. The van der Waals surface area contributed by atoms with Gasteiger partial charge in [-0.25, -0.2) is 0 Å². The first-order valence-electron chi connectivity index (χ1n) is 4.56. The molecule has 1 saturated heterocycles. The highest BCUT2D eigenvalue weighted by molar-refractivity contribution is 5.07. The molecule has 0 saturated carbocycles. The predicted molar refractivity (Wildman–Crippen MR) is 51.2 cm³/mol. The maximum absolute atomic E-state index is 5.36. The molecule has 0 aromatic heterocycles. The summed E-state index contributed by atoms with van der Waals surface area (Å²) >= 11 is 0. The fourth-order valence-corrected chi connectivity index (χ4v) is 1.08. The lowest BCUT2D eigenvalue weighted by Gasteiger charge is -2.27. The Labute approximate surface area is 79.8 Å². The summed E-state index contributed by atoms with van der Waals surface area (Å²) < 4.78 is 10.4. The molecule has 0 bridgehead atoms. The minimum Gasteiger partial charge on any atom is -0.355 e. The molecule has 0 aromatic carbocycles. The molecule has 1 fully saturated rings. The molecule has 1 atom stereocenters. The second kappa shape index (κ2) is 4.61. The smallest absolute Gasteiger partial charge is 0.147 e. The topological polar surface area (TPSA) is 30.5 Å². The van der Waals surface area contributed by atoms with Crippen LogP contribution in [0.3, 0.4) is 0 Å². The van der Waals surface area contributed by atoms with Crippen molar-refractivity contribution in [1.82, 2.24) is 5.32 Å². The van der Waals surface area contributed by atoms with E-state index in [0.29, 0.717) is 6.79 Å². The summed E-state index contributed by atoms with van der Waals surface area (Å²) in [5.74, 6) is 2.68. The molecule has 1 aliphatic heterocycles. The van der Waals surface area contributed by atoms with Crippen LogP contribution in [0.15, 0.2) is 0 Å². The zero-order valence-corrected chi connectivity index (χ0v) is 8.30. The Morgan fingerprint density at radius 1 is 1.62 bits per heavy atom. The molecule has 1 unspecified atom stereocenters. The zero-order valence-electron chi connectivity index (χ0n) is 8.30. The molecule has 0 aliphatic carbocycles. The Morgan fingerprint density at radius 2 is 2.38 bits per heavy atom. The third kappa shape index (κ3) is 3.77. The second-order valence-electron chi connectivity index (χ2n) is 3.75. The van der Waals surface area contributed by atoms with Gasteiger partial charge in [0.05, 0.1) is 18.2 Å². The molecular formula is C10H17NO2. The molecule has 1 N–H and O–H groups in total. The summed E-state index contributed by atoms with van der Waals surface area (Å²) in [4.78, 5) is 0. The minimum absolute atomic E-state index is 0.237. The van der Waals surface area contributed by atoms with Crippen molar-refractivity contribution < 1.29 is 9.47 Å². The molecule has 3 nitrogen and oxygen atoms in total. The number of terminal acetylenes is 1. The van der Waals surface area contributed by atoms with Crippen molar-refractivity contribution in [2.45, 2.75) is 31.9 Å². The van der Waals surface area contributed by atoms with Gasteiger partial charge in [-0.2, -0.15) is 0 Å². The number of rotatable bonds is 3. The largest absolute Gasteiger partial charge is 0.355 e. The van der Waals surface area contributed by atoms with E-state index in [4.69, 9.17) is 15.9 Å². The predicted octanol–water partition coefficient (Wildman–Crippen LogP) is 0.751. The van der Waals surface area contributed by atoms with Crippen molar-refractivity contribution in [3.05, 3.63) is 0 Å². The van der Waals surface area contributed by atoms with E-state index in [1.165, 1.54) is 0 Å². The Bertz CT molecular complexity index is 190. The average molecular weight is 183 g/mol. The summed E-state index contributed by atoms with van der Waals surface area (Å²) in [6.07, 6.45) is 6.52. The van der Waals surface area contributed by atoms with E-state index in [2.05, 4.69) is 11.2 Å². The first-order chi connectivity index (χ1) is 6.14. The van der Waals surface area contributed by atoms with Gasteiger partial charge in [-0.1, -0.05) is 5.92 Å². The van der Waals surface area contributed by atoms with Gasteiger partial charge in [0.2, 0.25) is 0 Å². The Balaban J connectivity index is 2.22. The lowest BCUT2D eigenvalue weighted by Crippen LogP contribution is -2.44. The standard InChI is InChI=1S/C10H17NO2/c1-4-10(2,3)11-7-9-5-6-12-8-13-9/h1,9,11H,5-8H2,2-3H3. The SMILES string of the molecule is C#CC(C)(C)NCC1CCOCO1. The number of ether oxygens (including phenoxy) is 2. The van der Waals surface area contributed by atoms with Crippen molar-refractivity contribution in [2.24, 2.45) is 0 Å². The average Bonchev–Trinajstić information content (AvgIpc) is 2.17. The van der Waals surface area contributed by atoms with Crippen molar-refractivity contribution in [2.75, 3.05) is 19.9 Å². The fourth-order valence-electron chi connectivity index (χ4n) is 1.08. The maximum atomic E-state index is 5.36. The molecule has 1 aliphatic rings. The molecule has 1 rings (SSSR count). The molecule has 0 aromatic rings. The van der Waals surface area contributed by atoms with Gasteiger partial charge in [0, 0.05) is 6.54 Å². The van der Waals surface area contributed by atoms with Gasteiger partial charge in [0.25, 0.3) is 0 Å². The van der Waals surface area contributed by atoms with Gasteiger partial charge in [-0.3, -0.25) is 5.32 Å². The van der Waals surface area contributed by atoms with Crippen LogP contribution in [0.4, 0.5) is 0 Å². The number of hydrogen-bond donors (Lipinski definition) is 1. The first-order valence-corrected chi connectivity index (χ1v) is 4.56. The van der Waals surface area contributed by atoms with E-state index in [1.54, 1.807) is 0 Å². The van der Waals surface area contributed by atoms with E-state index < -0.39 is 0 Å². The van der Waals surface area contributed by atoms with Crippen LogP contribution in [0.5, 0.6) is 0 Å². The zero-order chi connectivity index (χ0) is 9.73. The summed E-state index contributed by atoms with van der Waals surface area (Å²) in [5.41, 5.74) is -0.248. The van der Waals surface area contributed by atoms with Crippen LogP contribution in [0.25, 0.3) is 0 Å². The summed E-state index contributed by atoms with van der Waals surface area (Å²) in [5, 5.41) is 3.26. The van der Waals surface area contributed by atoms with E-state index in [9.17, 15) is 0 Å². The summed E-state index contributed by atoms with van der Waals surface area (Å²) in [7, 11) is 0. The van der Waals surface area contributed by atoms with Crippen LogP contribution in [-0.4, -0.2) is 31.6 Å². The van der Waals surface area contributed by atoms with Gasteiger partial charge < -0.3 is 9.47 Å². The fraction of sp³-hybridized carbons (Fsp3) is 0.800. The van der Waals surface area contributed by atoms with Crippen LogP contribution in [0.2, 0.25) is 0 Å². The number of hydrogen-bond acceptors (Lipinski definition) is 3. The van der Waals surface area contributed by atoms with Gasteiger partial charge >= 0.3 is 0 Å². The summed E-state index contributed by atoms with van der Waals surface area (Å²) in [6, 6.07) is 0. The highest BCUT2D eigenvalue weighted by Crippen LogP contribution is 2.07. The maximum Gasteiger partial charge on any atom is 0.147 e. The highest BCUT2D eigenvalue weighted by atomic mass is 16.7. The van der Waals surface area contributed by atoms with Gasteiger partial charge in [-0.05, 0) is 20.3 Å². The normalized spacial score (nSPS) is 23.9. The molecule has 1 heterocycles. The minimum atomic E-state index is -0.248. The van der Waals surface area contributed by atoms with Crippen LogP contribution < -0.4 is 5.32 Å². The second-order valence-corrected chi connectivity index (χ2v) is 3.75. The summed E-state index contributed by atoms with van der Waals surface area (Å²) in [6.45, 7) is 5.94. The first kappa shape index (κ1) is 10.5. The van der Waals surface area contributed by atoms with Crippen LogP contribution in [-0.2, 0) is 9.47 Å².